The van der Waals surface area contributed by atoms with Crippen LogP contribution in [0, 0.1) is 0 Å². The molecule has 0 radical (unpaired) electrons. The fourth-order valence-corrected chi connectivity index (χ4v) is 0.984. The summed E-state index contributed by atoms with van der Waals surface area (Å²) in [7, 11) is 0. The van der Waals surface area contributed by atoms with E-state index in [4.69, 9.17) is 0 Å². The predicted molar refractivity (Wildman–Crippen MR) is 40.9 cm³/mol. The van der Waals surface area contributed by atoms with Gasteiger partial charge in [0.15, 0.2) is 0 Å². The van der Waals surface area contributed by atoms with Crippen molar-refractivity contribution < 1.29 is 5.11 Å². The summed E-state index contributed by atoms with van der Waals surface area (Å²) < 4.78 is 1.78. The van der Waals surface area contributed by atoms with E-state index in [0.29, 0.717) is 6.54 Å². The molecule has 1 aromatic rings. The minimum absolute atomic E-state index is 0.268. The molecule has 0 aliphatic rings. The van der Waals surface area contributed by atoms with Crippen LogP contribution in [0.4, 0.5) is 0 Å². The van der Waals surface area contributed by atoms with Crippen molar-refractivity contribution in [2.75, 3.05) is 0 Å². The van der Waals surface area contributed by atoms with Crippen LogP contribution in [0.25, 0.3) is 0 Å². The van der Waals surface area contributed by atoms with Gasteiger partial charge in [0, 0.05) is 0 Å². The van der Waals surface area contributed by atoms with Crippen LogP contribution in [-0.2, 0) is 6.54 Å². The normalized spacial score (nSPS) is 13.3. The van der Waals surface area contributed by atoms with Gasteiger partial charge >= 0.3 is 0 Å². The Kier molecular flexibility index (Phi) is 3.04. The summed E-state index contributed by atoms with van der Waals surface area (Å²) in [6.45, 7) is 2.65. The first-order chi connectivity index (χ1) is 5.33. The third-order valence-corrected chi connectivity index (χ3v) is 1.51. The highest BCUT2D eigenvalue weighted by Crippen LogP contribution is 1.98. The molecule has 1 unspecified atom stereocenters. The number of hydrogen-bond donors (Lipinski definition) is 1. The first kappa shape index (κ1) is 8.20. The number of rotatable bonds is 4. The smallest absolute Gasteiger partial charge is 0.119 e. The molecular formula is C7H13N3O. The Balaban J connectivity index is 2.31. The van der Waals surface area contributed by atoms with E-state index in [-0.39, 0.29) is 6.10 Å². The largest absolute Gasteiger partial charge is 0.391 e. The maximum atomic E-state index is 9.34. The first-order valence-corrected chi connectivity index (χ1v) is 3.83. The molecule has 1 atom stereocenters. The average Bonchev–Trinajstić information content (AvgIpc) is 2.40. The van der Waals surface area contributed by atoms with E-state index in [1.165, 1.54) is 0 Å². The summed E-state index contributed by atoms with van der Waals surface area (Å²) in [5, 5.41) is 16.6. The Morgan fingerprint density at radius 3 is 2.64 bits per heavy atom. The topological polar surface area (TPSA) is 50.9 Å². The van der Waals surface area contributed by atoms with Gasteiger partial charge in [-0.15, -0.1) is 10.2 Å². The Morgan fingerprint density at radius 2 is 2.09 bits per heavy atom. The Bertz CT molecular complexity index is 186. The maximum absolute atomic E-state index is 9.34. The number of aromatic nitrogens is 3. The van der Waals surface area contributed by atoms with Gasteiger partial charge < -0.3 is 9.67 Å². The van der Waals surface area contributed by atoms with Gasteiger partial charge in [0.25, 0.3) is 0 Å². The molecule has 4 heteroatoms. The monoisotopic (exact) mass is 155 g/mol. The zero-order valence-corrected chi connectivity index (χ0v) is 6.64. The molecule has 1 N–H and O–H groups in total. The van der Waals surface area contributed by atoms with E-state index in [1.807, 2.05) is 0 Å². The van der Waals surface area contributed by atoms with Crippen molar-refractivity contribution in [3.05, 3.63) is 12.7 Å². The van der Waals surface area contributed by atoms with Crippen molar-refractivity contribution in [1.29, 1.82) is 0 Å². The van der Waals surface area contributed by atoms with Crippen molar-refractivity contribution in [2.45, 2.75) is 32.4 Å². The number of hydrogen-bond acceptors (Lipinski definition) is 3. The Morgan fingerprint density at radius 1 is 1.45 bits per heavy atom. The van der Waals surface area contributed by atoms with Gasteiger partial charge in [-0.25, -0.2) is 0 Å². The molecule has 62 valence electrons. The van der Waals surface area contributed by atoms with Crippen LogP contribution < -0.4 is 0 Å². The molecule has 0 spiro atoms. The lowest BCUT2D eigenvalue weighted by Crippen LogP contribution is -2.14. The van der Waals surface area contributed by atoms with Crippen LogP contribution in [0.15, 0.2) is 12.7 Å². The van der Waals surface area contributed by atoms with Gasteiger partial charge in [-0.3, -0.25) is 0 Å². The van der Waals surface area contributed by atoms with E-state index in [9.17, 15) is 5.11 Å². The molecule has 0 fully saturated rings. The van der Waals surface area contributed by atoms with E-state index >= 15 is 0 Å². The molecule has 0 amide bonds. The fraction of sp³-hybridized carbons (Fsp3) is 0.714. The Hall–Kier alpha value is -0.900. The van der Waals surface area contributed by atoms with Gasteiger partial charge in [0.2, 0.25) is 0 Å². The highest BCUT2D eigenvalue weighted by molar-refractivity contribution is 4.64. The minimum Gasteiger partial charge on any atom is -0.391 e. The third-order valence-electron chi connectivity index (χ3n) is 1.51. The number of aliphatic hydroxyl groups excluding tert-OH is 1. The molecule has 1 rings (SSSR count). The lowest BCUT2D eigenvalue weighted by molar-refractivity contribution is 0.143. The van der Waals surface area contributed by atoms with Crippen molar-refractivity contribution in [3.8, 4) is 0 Å². The summed E-state index contributed by atoms with van der Waals surface area (Å²) in [6, 6.07) is 0. The first-order valence-electron chi connectivity index (χ1n) is 3.83. The summed E-state index contributed by atoms with van der Waals surface area (Å²) in [5.41, 5.74) is 0. The minimum atomic E-state index is -0.268. The summed E-state index contributed by atoms with van der Waals surface area (Å²) in [5.74, 6) is 0. The van der Waals surface area contributed by atoms with Crippen LogP contribution in [-0.4, -0.2) is 26.0 Å². The second-order valence-electron chi connectivity index (χ2n) is 2.60. The molecule has 0 saturated carbocycles. The fourth-order valence-electron chi connectivity index (χ4n) is 0.984. The Labute approximate surface area is 65.9 Å². The predicted octanol–water partition coefficient (Wildman–Crippen LogP) is 0.439. The molecule has 0 aliphatic carbocycles. The molecule has 0 bridgehead atoms. The van der Waals surface area contributed by atoms with Crippen LogP contribution in [0.5, 0.6) is 0 Å². The standard InChI is InChI=1S/C7H13N3O/c1-2-3-7(11)4-10-5-8-9-6-10/h5-7,11H,2-4H2,1H3. The molecule has 0 aliphatic heterocycles. The second-order valence-corrected chi connectivity index (χ2v) is 2.60. The molecule has 1 heterocycles. The van der Waals surface area contributed by atoms with E-state index in [1.54, 1.807) is 17.2 Å². The van der Waals surface area contributed by atoms with Gasteiger partial charge in [0.1, 0.15) is 12.7 Å². The van der Waals surface area contributed by atoms with E-state index in [0.717, 1.165) is 12.8 Å². The van der Waals surface area contributed by atoms with Crippen LogP contribution in [0.1, 0.15) is 19.8 Å². The van der Waals surface area contributed by atoms with Crippen LogP contribution >= 0.6 is 0 Å². The molecule has 0 aromatic carbocycles. The molecular weight excluding hydrogens is 142 g/mol. The van der Waals surface area contributed by atoms with Gasteiger partial charge in [0.05, 0.1) is 12.6 Å². The maximum Gasteiger partial charge on any atom is 0.119 e. The lowest BCUT2D eigenvalue weighted by Gasteiger charge is -2.07. The van der Waals surface area contributed by atoms with Crippen molar-refractivity contribution in [3.63, 3.8) is 0 Å². The highest BCUT2D eigenvalue weighted by Gasteiger charge is 2.02. The van der Waals surface area contributed by atoms with Crippen molar-refractivity contribution >= 4 is 0 Å². The average molecular weight is 155 g/mol. The number of aliphatic hydroxyl groups is 1. The van der Waals surface area contributed by atoms with Crippen LogP contribution in [0.3, 0.4) is 0 Å². The molecule has 0 saturated heterocycles. The van der Waals surface area contributed by atoms with Gasteiger partial charge in [-0.05, 0) is 6.42 Å². The zero-order valence-electron chi connectivity index (χ0n) is 6.64. The van der Waals surface area contributed by atoms with Crippen molar-refractivity contribution in [2.24, 2.45) is 0 Å². The van der Waals surface area contributed by atoms with E-state index < -0.39 is 0 Å². The molecule has 4 nitrogen and oxygen atoms in total. The highest BCUT2D eigenvalue weighted by atomic mass is 16.3. The quantitative estimate of drug-likeness (QED) is 0.686. The second kappa shape index (κ2) is 4.08. The molecule has 11 heavy (non-hydrogen) atoms. The SMILES string of the molecule is CCCC(O)Cn1cnnc1. The number of nitrogens with zero attached hydrogens (tertiary/aromatic N) is 3. The third kappa shape index (κ3) is 2.67. The molecule has 1 aromatic heterocycles. The van der Waals surface area contributed by atoms with Gasteiger partial charge in [-0.1, -0.05) is 13.3 Å². The summed E-state index contributed by atoms with van der Waals surface area (Å²) >= 11 is 0. The van der Waals surface area contributed by atoms with E-state index in [2.05, 4.69) is 17.1 Å². The van der Waals surface area contributed by atoms with Crippen molar-refractivity contribution in [1.82, 2.24) is 14.8 Å². The van der Waals surface area contributed by atoms with Crippen LogP contribution in [0.2, 0.25) is 0 Å². The zero-order chi connectivity index (χ0) is 8.10. The lowest BCUT2D eigenvalue weighted by atomic mass is 10.2. The summed E-state index contributed by atoms with van der Waals surface area (Å²) in [6.07, 6.45) is 4.79. The summed E-state index contributed by atoms with van der Waals surface area (Å²) in [4.78, 5) is 0. The van der Waals surface area contributed by atoms with Gasteiger partial charge in [-0.2, -0.15) is 0 Å².